The number of amides is 1. The molecule has 1 amide bonds. The zero-order valence-electron chi connectivity index (χ0n) is 37.1. The van der Waals surface area contributed by atoms with E-state index in [1.54, 1.807) is 24.3 Å². The lowest BCUT2D eigenvalue weighted by Gasteiger charge is -2.72. The average Bonchev–Trinajstić information content (AvgIpc) is 3.44. The van der Waals surface area contributed by atoms with E-state index in [4.69, 9.17) is 21.1 Å². The molecule has 0 bridgehead atoms. The summed E-state index contributed by atoms with van der Waals surface area (Å²) in [6.45, 7) is 21.0. The monoisotopic (exact) mass is 829 g/mol. The van der Waals surface area contributed by atoms with E-state index >= 15 is 0 Å². The summed E-state index contributed by atoms with van der Waals surface area (Å²) in [7, 11) is 0. The van der Waals surface area contributed by atoms with Gasteiger partial charge in [-0.2, -0.15) is 0 Å². The smallest absolute Gasteiger partial charge is 0.310 e. The summed E-state index contributed by atoms with van der Waals surface area (Å²) in [6.07, 6.45) is 10.4. The molecule has 322 valence electrons. The summed E-state index contributed by atoms with van der Waals surface area (Å²) in [5, 5.41) is 4.18. The van der Waals surface area contributed by atoms with Crippen molar-refractivity contribution in [2.45, 2.75) is 170 Å². The first kappa shape index (κ1) is 42.7. The molecule has 0 radical (unpaired) electrons. The van der Waals surface area contributed by atoms with E-state index in [1.165, 1.54) is 5.57 Å². The highest BCUT2D eigenvalue weighted by Crippen LogP contribution is 2.76. The van der Waals surface area contributed by atoms with Crippen LogP contribution in [0.15, 0.2) is 35.4 Å². The third-order valence-electron chi connectivity index (χ3n) is 19.1. The third-order valence-corrected chi connectivity index (χ3v) is 19.4. The van der Waals surface area contributed by atoms with Gasteiger partial charge in [0.15, 0.2) is 11.6 Å². The lowest BCUT2D eigenvalue weighted by atomic mass is 9.33. The number of Topliss-reactive ketones (excluding diaryl/α,β-unsaturated/α-hetero) is 2. The van der Waals surface area contributed by atoms with Gasteiger partial charge in [-0.3, -0.25) is 24.0 Å². The number of ketones is 2. The molecule has 8 nitrogen and oxygen atoms in total. The average molecular weight is 831 g/mol. The molecule has 6 fully saturated rings. The van der Waals surface area contributed by atoms with Crippen LogP contribution >= 0.6 is 11.6 Å². The highest BCUT2D eigenvalue weighted by Gasteiger charge is 2.71. The van der Waals surface area contributed by atoms with Crippen molar-refractivity contribution in [3.8, 4) is 0 Å². The van der Waals surface area contributed by atoms with Crippen LogP contribution in [0.5, 0.6) is 0 Å². The minimum Gasteiger partial charge on any atom is -0.464 e. The van der Waals surface area contributed by atoms with Gasteiger partial charge in [-0.1, -0.05) is 80.3 Å². The van der Waals surface area contributed by atoms with E-state index in [1.807, 2.05) is 13.8 Å². The summed E-state index contributed by atoms with van der Waals surface area (Å²) in [5.41, 5.74) is 0.583. The number of ether oxygens (including phenoxy) is 2. The summed E-state index contributed by atoms with van der Waals surface area (Å²) >= 11 is 6.12. The lowest BCUT2D eigenvalue weighted by molar-refractivity contribution is -0.236. The van der Waals surface area contributed by atoms with E-state index in [0.29, 0.717) is 54.6 Å². The number of halogens is 1. The zero-order valence-corrected chi connectivity index (χ0v) is 37.8. The number of allylic oxidation sites excluding steroid dienone is 1. The number of rotatable bonds is 10. The minimum absolute atomic E-state index is 0.0153. The van der Waals surface area contributed by atoms with Crippen LogP contribution in [-0.2, 0) is 28.7 Å². The number of hydrogen-bond acceptors (Lipinski definition) is 7. The van der Waals surface area contributed by atoms with Crippen molar-refractivity contribution >= 4 is 41.5 Å². The Morgan fingerprint density at radius 3 is 2.14 bits per heavy atom. The molecule has 6 saturated carbocycles. The second-order valence-electron chi connectivity index (χ2n) is 22.6. The van der Waals surface area contributed by atoms with E-state index in [-0.39, 0.29) is 81.5 Å². The predicted molar refractivity (Wildman–Crippen MR) is 227 cm³/mol. The molecule has 0 aromatic heterocycles. The summed E-state index contributed by atoms with van der Waals surface area (Å²) in [4.78, 5) is 67.3. The second-order valence-corrected chi connectivity index (χ2v) is 23.0. The number of hydrogen-bond donors (Lipinski definition) is 1. The number of nitrogens with one attached hydrogen (secondary N) is 1. The number of carbonyl (C=O) groups is 5. The Balaban J connectivity index is 1.04. The van der Waals surface area contributed by atoms with Gasteiger partial charge < -0.3 is 14.8 Å². The van der Waals surface area contributed by atoms with Crippen molar-refractivity contribution in [3.63, 3.8) is 0 Å². The first-order chi connectivity index (χ1) is 27.6. The molecular weight excluding hydrogens is 762 g/mol. The number of carbonyl (C=O) groups excluding carboxylic acids is 5. The minimum atomic E-state index is -0.765. The van der Waals surface area contributed by atoms with Crippen molar-refractivity contribution in [1.82, 2.24) is 5.32 Å². The standard InChI is InChI=1S/C50H68ClNO7/c1-29(2)40-35(55)27-50(52-43(57)49(19-10-20-49)26-34(54)30-11-13-31(51)14-12-30)24-23-47(8)32(41(40)50)15-16-37-46(7)21-18-38(45(5,6)36(46)17-22-48(37,47)9)59-42(56)33-25-39(58-28-53)44(33,3)4/h11-14,28-29,32-33,36-39H,10,15-27H2,1-9H3,(H,52,57)/t32-,33-,36+,37-,38+,39-,46+,47-,48-,50-/m1/s1. The molecule has 9 heteroatoms. The molecule has 7 aliphatic carbocycles. The molecule has 0 unspecified atom stereocenters. The molecule has 0 heterocycles. The maximum Gasteiger partial charge on any atom is 0.310 e. The van der Waals surface area contributed by atoms with Gasteiger partial charge in [0.05, 0.1) is 16.9 Å². The molecule has 0 aliphatic heterocycles. The van der Waals surface area contributed by atoms with E-state index in [0.717, 1.165) is 63.4 Å². The molecule has 1 aromatic rings. The summed E-state index contributed by atoms with van der Waals surface area (Å²) in [5.74, 6) is 0.707. The van der Waals surface area contributed by atoms with Crippen LogP contribution in [0.3, 0.4) is 0 Å². The van der Waals surface area contributed by atoms with Crippen LogP contribution in [0, 0.1) is 62.1 Å². The van der Waals surface area contributed by atoms with Gasteiger partial charge in [0.2, 0.25) is 5.91 Å². The van der Waals surface area contributed by atoms with Gasteiger partial charge in [0.25, 0.3) is 6.47 Å². The van der Waals surface area contributed by atoms with Gasteiger partial charge in [0, 0.05) is 34.3 Å². The van der Waals surface area contributed by atoms with Crippen molar-refractivity contribution in [1.29, 1.82) is 0 Å². The molecular formula is C50H68ClNO7. The maximum atomic E-state index is 14.7. The quantitative estimate of drug-likeness (QED) is 0.142. The fourth-order valence-corrected chi connectivity index (χ4v) is 15.4. The molecule has 1 N–H and O–H groups in total. The van der Waals surface area contributed by atoms with E-state index < -0.39 is 16.4 Å². The first-order valence-electron chi connectivity index (χ1n) is 22.8. The highest BCUT2D eigenvalue weighted by molar-refractivity contribution is 6.30. The van der Waals surface area contributed by atoms with Gasteiger partial charge >= 0.3 is 5.97 Å². The Morgan fingerprint density at radius 2 is 1.53 bits per heavy atom. The lowest BCUT2D eigenvalue weighted by Crippen LogP contribution is -2.68. The third kappa shape index (κ3) is 6.19. The van der Waals surface area contributed by atoms with E-state index in [9.17, 15) is 24.0 Å². The molecule has 7 aliphatic rings. The van der Waals surface area contributed by atoms with Crippen LogP contribution in [0.25, 0.3) is 0 Å². The Bertz CT molecular complexity index is 1960. The number of esters is 1. The van der Waals surface area contributed by atoms with Crippen LogP contribution in [0.4, 0.5) is 0 Å². The van der Waals surface area contributed by atoms with Crippen molar-refractivity contribution < 1.29 is 33.4 Å². The first-order valence-corrected chi connectivity index (χ1v) is 23.2. The van der Waals surface area contributed by atoms with Crippen molar-refractivity contribution in [2.24, 2.45) is 62.1 Å². The van der Waals surface area contributed by atoms with Crippen LogP contribution in [0.2, 0.25) is 5.02 Å². The number of benzene rings is 1. The topological polar surface area (TPSA) is 116 Å². The molecule has 1 aromatic carbocycles. The summed E-state index contributed by atoms with van der Waals surface area (Å²) in [6, 6.07) is 6.93. The van der Waals surface area contributed by atoms with E-state index in [2.05, 4.69) is 53.8 Å². The fourth-order valence-electron chi connectivity index (χ4n) is 15.2. The van der Waals surface area contributed by atoms with Crippen LogP contribution in [-0.4, -0.2) is 47.7 Å². The van der Waals surface area contributed by atoms with Gasteiger partial charge in [-0.25, -0.2) is 0 Å². The van der Waals surface area contributed by atoms with Crippen molar-refractivity contribution in [2.75, 3.05) is 0 Å². The van der Waals surface area contributed by atoms with Gasteiger partial charge in [-0.15, -0.1) is 0 Å². The Kier molecular flexibility index (Phi) is 10.3. The number of fused-ring (bicyclic) bond motifs is 7. The highest BCUT2D eigenvalue weighted by atomic mass is 35.5. The van der Waals surface area contributed by atoms with Gasteiger partial charge in [0.1, 0.15) is 12.2 Å². The van der Waals surface area contributed by atoms with Gasteiger partial charge in [-0.05, 0) is 146 Å². The fraction of sp³-hybridized carbons (Fsp3) is 0.740. The van der Waals surface area contributed by atoms with Crippen LogP contribution in [0.1, 0.15) is 163 Å². The SMILES string of the molecule is CC(C)C1=C2[C@H]3CC[C@@H]4[C@@]5(C)CC[C@H](OC(=O)[C@H]6C[C@@H](OC=O)C6(C)C)C(C)(C)[C@@H]5CC[C@@]4(C)[C@]3(C)CC[C@@]2(NC(=O)C2(CC(=O)c3ccc(Cl)cc3)CCC2)CC1=O. The molecule has 10 atom stereocenters. The second kappa shape index (κ2) is 14.3. The normalized spacial score (nSPS) is 39.9. The summed E-state index contributed by atoms with van der Waals surface area (Å²) < 4.78 is 11.7. The molecule has 59 heavy (non-hydrogen) atoms. The Morgan fingerprint density at radius 1 is 0.831 bits per heavy atom. The zero-order chi connectivity index (χ0) is 42.7. The van der Waals surface area contributed by atoms with Crippen LogP contribution < -0.4 is 5.32 Å². The largest absolute Gasteiger partial charge is 0.464 e. The Labute approximate surface area is 357 Å². The molecule has 8 rings (SSSR count). The molecule has 0 spiro atoms. The molecule has 0 saturated heterocycles. The maximum absolute atomic E-state index is 14.7. The Hall–Kier alpha value is -3.00. The predicted octanol–water partition coefficient (Wildman–Crippen LogP) is 10.4. The van der Waals surface area contributed by atoms with Crippen molar-refractivity contribution in [3.05, 3.63) is 46.0 Å².